The second-order valence-corrected chi connectivity index (χ2v) is 7.48. The number of carbonyl (C=O) groups is 2. The van der Waals surface area contributed by atoms with Crippen LogP contribution in [0.4, 0.5) is 11.4 Å². The Morgan fingerprint density at radius 3 is 2.38 bits per heavy atom. The van der Waals surface area contributed by atoms with Gasteiger partial charge in [0.25, 0.3) is 11.8 Å². The van der Waals surface area contributed by atoms with E-state index >= 15 is 0 Å². The van der Waals surface area contributed by atoms with Gasteiger partial charge in [-0.05, 0) is 66.3 Å². The molecule has 7 nitrogen and oxygen atoms in total. The van der Waals surface area contributed by atoms with Crippen molar-refractivity contribution >= 4 is 40.5 Å². The van der Waals surface area contributed by atoms with Crippen LogP contribution in [0.15, 0.2) is 66.7 Å². The van der Waals surface area contributed by atoms with Crippen LogP contribution >= 0.6 is 12.2 Å². The maximum atomic E-state index is 12.6. The molecule has 32 heavy (non-hydrogen) atoms. The van der Waals surface area contributed by atoms with Crippen LogP contribution in [-0.4, -0.2) is 31.1 Å². The van der Waals surface area contributed by atoms with Gasteiger partial charge in [-0.2, -0.15) is 0 Å². The molecule has 1 aliphatic rings. The van der Waals surface area contributed by atoms with E-state index in [1.807, 2.05) is 36.4 Å². The number of thiocarbonyl (C=S) groups is 1. The number of amides is 2. The average Bonchev–Trinajstić information content (AvgIpc) is 3.15. The zero-order valence-corrected chi connectivity index (χ0v) is 18.4. The monoisotopic (exact) mass is 447 g/mol. The number of methoxy groups -OCH3 is 2. The number of carbonyl (C=O) groups excluding carboxylic acids is 2. The SMILES string of the molecule is COc1ccc(C(=O)NC(=S)Nc2ccc(N3Cc4ccccc4C3=O)cc2)cc1OC. The van der Waals surface area contributed by atoms with Crippen molar-refractivity contribution < 1.29 is 19.1 Å². The van der Waals surface area contributed by atoms with Crippen LogP contribution in [-0.2, 0) is 6.54 Å². The van der Waals surface area contributed by atoms with E-state index in [2.05, 4.69) is 10.6 Å². The number of nitrogens with zero attached hydrogens (tertiary/aromatic N) is 1. The van der Waals surface area contributed by atoms with Gasteiger partial charge in [-0.25, -0.2) is 0 Å². The molecule has 3 aromatic carbocycles. The van der Waals surface area contributed by atoms with E-state index in [1.54, 1.807) is 35.2 Å². The lowest BCUT2D eigenvalue weighted by Gasteiger charge is -2.17. The fourth-order valence-corrected chi connectivity index (χ4v) is 3.71. The van der Waals surface area contributed by atoms with Crippen molar-refractivity contribution in [3.63, 3.8) is 0 Å². The van der Waals surface area contributed by atoms with Crippen LogP contribution in [0.25, 0.3) is 0 Å². The summed E-state index contributed by atoms with van der Waals surface area (Å²) in [5.74, 6) is 0.595. The van der Waals surface area contributed by atoms with E-state index in [0.717, 1.165) is 16.8 Å². The van der Waals surface area contributed by atoms with Gasteiger partial charge in [-0.1, -0.05) is 18.2 Å². The van der Waals surface area contributed by atoms with E-state index in [1.165, 1.54) is 14.2 Å². The van der Waals surface area contributed by atoms with Gasteiger partial charge in [-0.3, -0.25) is 14.9 Å². The molecule has 0 saturated heterocycles. The summed E-state index contributed by atoms with van der Waals surface area (Å²) < 4.78 is 10.4. The molecule has 0 bridgehead atoms. The molecule has 2 N–H and O–H groups in total. The molecule has 0 atom stereocenters. The Labute approximate surface area is 190 Å². The van der Waals surface area contributed by atoms with Gasteiger partial charge in [0.15, 0.2) is 16.6 Å². The number of nitrogens with one attached hydrogen (secondary N) is 2. The molecule has 4 rings (SSSR count). The highest BCUT2D eigenvalue weighted by atomic mass is 32.1. The highest BCUT2D eigenvalue weighted by Gasteiger charge is 2.27. The number of ether oxygens (including phenoxy) is 2. The number of hydrogen-bond acceptors (Lipinski definition) is 5. The number of fused-ring (bicyclic) bond motifs is 1. The zero-order chi connectivity index (χ0) is 22.7. The van der Waals surface area contributed by atoms with E-state index < -0.39 is 0 Å². The van der Waals surface area contributed by atoms with Gasteiger partial charge >= 0.3 is 0 Å². The molecule has 0 aromatic heterocycles. The second-order valence-electron chi connectivity index (χ2n) is 7.07. The molecule has 1 heterocycles. The number of hydrogen-bond donors (Lipinski definition) is 2. The standard InChI is InChI=1S/C24H21N3O4S/c1-30-20-12-7-15(13-21(20)31-2)22(28)26-24(32)25-17-8-10-18(11-9-17)27-14-16-5-3-4-6-19(16)23(27)29/h3-13H,14H2,1-2H3,(H2,25,26,28,32). The van der Waals surface area contributed by atoms with E-state index in [0.29, 0.717) is 29.3 Å². The summed E-state index contributed by atoms with van der Waals surface area (Å²) in [6.07, 6.45) is 0. The summed E-state index contributed by atoms with van der Waals surface area (Å²) in [6, 6.07) is 19.7. The quantitative estimate of drug-likeness (QED) is 0.576. The summed E-state index contributed by atoms with van der Waals surface area (Å²) in [4.78, 5) is 26.9. The molecule has 1 aliphatic heterocycles. The summed E-state index contributed by atoms with van der Waals surface area (Å²) in [7, 11) is 3.03. The lowest BCUT2D eigenvalue weighted by Crippen LogP contribution is -2.34. The van der Waals surface area contributed by atoms with Crippen molar-refractivity contribution in [1.82, 2.24) is 5.32 Å². The number of rotatable bonds is 5. The second kappa shape index (κ2) is 9.07. The van der Waals surface area contributed by atoms with Gasteiger partial charge in [0, 0.05) is 22.5 Å². The van der Waals surface area contributed by atoms with Crippen LogP contribution in [0, 0.1) is 0 Å². The average molecular weight is 448 g/mol. The van der Waals surface area contributed by atoms with Crippen LogP contribution < -0.4 is 25.0 Å². The maximum absolute atomic E-state index is 12.6. The smallest absolute Gasteiger partial charge is 0.258 e. The van der Waals surface area contributed by atoms with E-state index in [4.69, 9.17) is 21.7 Å². The summed E-state index contributed by atoms with van der Waals surface area (Å²) >= 11 is 5.26. The molecule has 2 amide bonds. The van der Waals surface area contributed by atoms with Crippen molar-refractivity contribution in [3.8, 4) is 11.5 Å². The Bertz CT molecular complexity index is 1190. The molecule has 0 saturated carbocycles. The van der Waals surface area contributed by atoms with Crippen molar-refractivity contribution in [2.24, 2.45) is 0 Å². The lowest BCUT2D eigenvalue weighted by atomic mass is 10.1. The Balaban J connectivity index is 1.38. The molecule has 0 spiro atoms. The predicted octanol–water partition coefficient (Wildman–Crippen LogP) is 3.99. The largest absolute Gasteiger partial charge is 0.493 e. The fourth-order valence-electron chi connectivity index (χ4n) is 3.50. The molecular formula is C24H21N3O4S. The van der Waals surface area contributed by atoms with Crippen molar-refractivity contribution in [1.29, 1.82) is 0 Å². The van der Waals surface area contributed by atoms with E-state index in [9.17, 15) is 9.59 Å². The predicted molar refractivity (Wildman–Crippen MR) is 127 cm³/mol. The topological polar surface area (TPSA) is 79.9 Å². The van der Waals surface area contributed by atoms with Crippen LogP contribution in [0.3, 0.4) is 0 Å². The summed E-state index contributed by atoms with van der Waals surface area (Å²) in [5, 5.41) is 5.78. The number of benzene rings is 3. The lowest BCUT2D eigenvalue weighted by molar-refractivity contribution is 0.0974. The Morgan fingerprint density at radius 2 is 1.69 bits per heavy atom. The van der Waals surface area contributed by atoms with Crippen molar-refractivity contribution in [2.45, 2.75) is 6.54 Å². The first-order chi connectivity index (χ1) is 15.5. The molecular weight excluding hydrogens is 426 g/mol. The number of anilines is 2. The molecule has 8 heteroatoms. The molecule has 0 radical (unpaired) electrons. The van der Waals surface area contributed by atoms with Crippen LogP contribution in [0.5, 0.6) is 11.5 Å². The molecule has 162 valence electrons. The highest BCUT2D eigenvalue weighted by Crippen LogP contribution is 2.29. The molecule has 3 aromatic rings. The first kappa shape index (κ1) is 21.3. The van der Waals surface area contributed by atoms with Crippen LogP contribution in [0.1, 0.15) is 26.3 Å². The van der Waals surface area contributed by atoms with Gasteiger partial charge in [-0.15, -0.1) is 0 Å². The molecule has 0 unspecified atom stereocenters. The Morgan fingerprint density at radius 1 is 0.969 bits per heavy atom. The fraction of sp³-hybridized carbons (Fsp3) is 0.125. The minimum atomic E-state index is -0.375. The third-order valence-electron chi connectivity index (χ3n) is 5.13. The van der Waals surface area contributed by atoms with E-state index in [-0.39, 0.29) is 16.9 Å². The Hall–Kier alpha value is -3.91. The van der Waals surface area contributed by atoms with Gasteiger partial charge in [0.05, 0.1) is 20.8 Å². The van der Waals surface area contributed by atoms with Crippen molar-refractivity contribution in [2.75, 3.05) is 24.4 Å². The van der Waals surface area contributed by atoms with Gasteiger partial charge in [0.2, 0.25) is 0 Å². The third-order valence-corrected chi connectivity index (χ3v) is 5.34. The van der Waals surface area contributed by atoms with Crippen molar-refractivity contribution in [3.05, 3.63) is 83.4 Å². The normalized spacial score (nSPS) is 12.2. The first-order valence-electron chi connectivity index (χ1n) is 9.84. The maximum Gasteiger partial charge on any atom is 0.258 e. The summed E-state index contributed by atoms with van der Waals surface area (Å²) in [5.41, 5.74) is 3.61. The molecule has 0 fully saturated rings. The Kier molecular flexibility index (Phi) is 6.04. The third kappa shape index (κ3) is 4.26. The first-order valence-corrected chi connectivity index (χ1v) is 10.2. The highest BCUT2D eigenvalue weighted by molar-refractivity contribution is 7.80. The summed E-state index contributed by atoms with van der Waals surface area (Å²) in [6.45, 7) is 0.543. The zero-order valence-electron chi connectivity index (χ0n) is 17.5. The van der Waals surface area contributed by atoms with Crippen LogP contribution in [0.2, 0.25) is 0 Å². The minimum absolute atomic E-state index is 0.0148. The minimum Gasteiger partial charge on any atom is -0.493 e. The van der Waals surface area contributed by atoms with Gasteiger partial charge in [0.1, 0.15) is 0 Å². The van der Waals surface area contributed by atoms with Gasteiger partial charge < -0.3 is 19.7 Å². The molecule has 0 aliphatic carbocycles.